The molecule has 7 nitrogen and oxygen atoms in total. The Morgan fingerprint density at radius 1 is 1.14 bits per heavy atom. The number of amides is 1. The van der Waals surface area contributed by atoms with Crippen molar-refractivity contribution in [2.45, 2.75) is 100 Å². The molecule has 1 amide bonds. The Balaban J connectivity index is 1.25. The molecule has 6 aliphatic rings. The molecular weight excluding hydrogens is 466 g/mol. The summed E-state index contributed by atoms with van der Waals surface area (Å²) in [7, 11) is 1.69. The van der Waals surface area contributed by atoms with E-state index in [-0.39, 0.29) is 18.1 Å². The molecule has 3 saturated heterocycles. The molecule has 1 saturated carbocycles. The Morgan fingerprint density at radius 3 is 2.65 bits per heavy atom. The third-order valence-electron chi connectivity index (χ3n) is 11.0. The maximum absolute atomic E-state index is 13.8. The van der Waals surface area contributed by atoms with E-state index < -0.39 is 11.0 Å². The van der Waals surface area contributed by atoms with E-state index in [9.17, 15) is 9.90 Å². The maximum Gasteiger partial charge on any atom is 0.236 e. The van der Waals surface area contributed by atoms with Crippen LogP contribution in [-0.2, 0) is 16.6 Å². The van der Waals surface area contributed by atoms with Crippen molar-refractivity contribution < 1.29 is 19.4 Å². The number of methoxy groups -OCH3 is 1. The highest BCUT2D eigenvalue weighted by molar-refractivity contribution is 5.79. The number of carbonyl (C=O) groups is 1. The van der Waals surface area contributed by atoms with Gasteiger partial charge in [-0.05, 0) is 82.9 Å². The third kappa shape index (κ3) is 3.45. The summed E-state index contributed by atoms with van der Waals surface area (Å²) in [6, 6.07) is 5.16. The van der Waals surface area contributed by atoms with Crippen LogP contribution in [0.2, 0.25) is 0 Å². The maximum atomic E-state index is 13.8. The second kappa shape index (κ2) is 8.59. The van der Waals surface area contributed by atoms with Crippen molar-refractivity contribution in [3.63, 3.8) is 0 Å². The average Bonchev–Trinajstić information content (AvgIpc) is 3.65. The van der Waals surface area contributed by atoms with Gasteiger partial charge in [-0.1, -0.05) is 12.5 Å². The molecule has 0 aromatic heterocycles. The highest BCUT2D eigenvalue weighted by atomic mass is 16.5. The summed E-state index contributed by atoms with van der Waals surface area (Å²) in [5.41, 5.74) is 1.06. The molecular formula is C30H43N3O4. The van der Waals surface area contributed by atoms with Gasteiger partial charge in [0.2, 0.25) is 5.91 Å². The van der Waals surface area contributed by atoms with Crippen LogP contribution >= 0.6 is 0 Å². The van der Waals surface area contributed by atoms with Crippen molar-refractivity contribution in [2.75, 3.05) is 39.8 Å². The van der Waals surface area contributed by atoms with Gasteiger partial charge in [-0.3, -0.25) is 14.6 Å². The molecule has 4 fully saturated rings. The van der Waals surface area contributed by atoms with E-state index in [1.165, 1.54) is 30.4 Å². The summed E-state index contributed by atoms with van der Waals surface area (Å²) in [5.74, 6) is 2.51. The van der Waals surface area contributed by atoms with Crippen molar-refractivity contribution >= 4 is 5.91 Å². The fraction of sp³-hybridized carbons (Fsp3) is 0.767. The Kier molecular flexibility index (Phi) is 5.62. The number of nitrogens with zero attached hydrogens (tertiary/aromatic N) is 3. The smallest absolute Gasteiger partial charge is 0.236 e. The molecule has 37 heavy (non-hydrogen) atoms. The molecule has 2 aliphatic carbocycles. The third-order valence-corrected chi connectivity index (χ3v) is 11.0. The van der Waals surface area contributed by atoms with E-state index in [4.69, 9.17) is 9.47 Å². The predicted octanol–water partition coefficient (Wildman–Crippen LogP) is 2.96. The molecule has 202 valence electrons. The van der Waals surface area contributed by atoms with Crippen LogP contribution in [0.3, 0.4) is 0 Å². The highest BCUT2D eigenvalue weighted by Gasteiger charge is 2.71. The van der Waals surface area contributed by atoms with Crippen LogP contribution in [0.1, 0.15) is 69.9 Å². The van der Waals surface area contributed by atoms with Gasteiger partial charge in [-0.15, -0.1) is 0 Å². The number of ether oxygens (including phenoxy) is 2. The number of benzene rings is 1. The molecule has 1 N–H and O–H groups in total. The van der Waals surface area contributed by atoms with Gasteiger partial charge in [0, 0.05) is 36.8 Å². The highest BCUT2D eigenvalue weighted by Crippen LogP contribution is 2.63. The van der Waals surface area contributed by atoms with E-state index in [0.717, 1.165) is 56.2 Å². The Labute approximate surface area is 221 Å². The van der Waals surface area contributed by atoms with Crippen LogP contribution in [0.5, 0.6) is 11.5 Å². The van der Waals surface area contributed by atoms with Crippen molar-refractivity contribution in [3.8, 4) is 11.5 Å². The zero-order chi connectivity index (χ0) is 25.5. The lowest BCUT2D eigenvalue weighted by Gasteiger charge is -2.60. The average molecular weight is 510 g/mol. The molecule has 1 aromatic rings. The van der Waals surface area contributed by atoms with Gasteiger partial charge in [0.25, 0.3) is 0 Å². The Morgan fingerprint density at radius 2 is 1.92 bits per heavy atom. The molecule has 7 heteroatoms. The zero-order valence-corrected chi connectivity index (χ0v) is 22.7. The van der Waals surface area contributed by atoms with E-state index in [1.54, 1.807) is 7.11 Å². The lowest BCUT2D eigenvalue weighted by molar-refractivity contribution is -0.162. The first-order valence-electron chi connectivity index (χ1n) is 14.7. The van der Waals surface area contributed by atoms with Gasteiger partial charge in [0.1, 0.15) is 6.10 Å². The summed E-state index contributed by atoms with van der Waals surface area (Å²) >= 11 is 0. The first-order valence-corrected chi connectivity index (χ1v) is 14.7. The predicted molar refractivity (Wildman–Crippen MR) is 141 cm³/mol. The molecule has 4 heterocycles. The van der Waals surface area contributed by atoms with Gasteiger partial charge in [0.05, 0.1) is 31.2 Å². The van der Waals surface area contributed by atoms with Gasteiger partial charge in [-0.25, -0.2) is 0 Å². The SMILES string of the molecule is COc1ccc2c3c1O[C@H]1CN(C(=O)CN4[C@H](C)CCC[C@@H]4C)CC[C@@]4(O)[C@@H](C2)N(CC2CC2)CC[C@]314. The van der Waals surface area contributed by atoms with E-state index >= 15 is 0 Å². The lowest BCUT2D eigenvalue weighted by atomic mass is 9.52. The number of likely N-dealkylation sites (tertiary alicyclic amines) is 3. The summed E-state index contributed by atoms with van der Waals surface area (Å²) in [5, 5.41) is 12.9. The quantitative estimate of drug-likeness (QED) is 0.659. The van der Waals surface area contributed by atoms with Gasteiger partial charge in [-0.2, -0.15) is 0 Å². The number of hydrogen-bond acceptors (Lipinski definition) is 6. The monoisotopic (exact) mass is 509 g/mol. The molecule has 1 spiro atoms. The number of piperidine rings is 2. The van der Waals surface area contributed by atoms with Crippen LogP contribution in [0, 0.1) is 5.92 Å². The standard InChI is InChI=1S/C30H43N3O4/c1-19-5-4-6-20(2)33(19)18-26(34)32-14-12-30(35)24-15-22-9-10-23(36-3)28-27(22)29(30,25(17-32)37-28)11-13-31(24)16-21-7-8-21/h9-10,19-21,24-25,35H,4-8,11-18H2,1-3H3/t19-,20+,24-,25+,29-,30-/m1/s1. The topological polar surface area (TPSA) is 65.5 Å². The summed E-state index contributed by atoms with van der Waals surface area (Å²) in [4.78, 5) is 20.8. The minimum Gasteiger partial charge on any atom is -0.493 e. The van der Waals surface area contributed by atoms with Crippen LogP contribution in [0.4, 0.5) is 0 Å². The number of carbonyl (C=O) groups excluding carboxylic acids is 1. The van der Waals surface area contributed by atoms with Gasteiger partial charge >= 0.3 is 0 Å². The number of hydrogen-bond donors (Lipinski definition) is 1. The molecule has 6 atom stereocenters. The van der Waals surface area contributed by atoms with Crippen LogP contribution in [-0.4, -0.2) is 95.4 Å². The lowest BCUT2D eigenvalue weighted by Crippen LogP contribution is -2.74. The number of aliphatic hydroxyl groups is 1. The Hall–Kier alpha value is -1.83. The number of rotatable bonds is 5. The van der Waals surface area contributed by atoms with E-state index in [2.05, 4.69) is 29.7 Å². The van der Waals surface area contributed by atoms with Crippen LogP contribution < -0.4 is 9.47 Å². The summed E-state index contributed by atoms with van der Waals surface area (Å²) in [6.45, 7) is 8.16. The first-order chi connectivity index (χ1) is 17.9. The fourth-order valence-electron chi connectivity index (χ4n) is 8.82. The molecule has 2 bridgehead atoms. The largest absolute Gasteiger partial charge is 0.493 e. The summed E-state index contributed by atoms with van der Waals surface area (Å²) in [6.07, 6.45) is 8.23. The van der Waals surface area contributed by atoms with Crippen molar-refractivity contribution in [2.24, 2.45) is 5.92 Å². The van der Waals surface area contributed by atoms with Crippen LogP contribution in [0.25, 0.3) is 0 Å². The minimum atomic E-state index is -0.920. The van der Waals surface area contributed by atoms with Crippen molar-refractivity contribution in [1.82, 2.24) is 14.7 Å². The van der Waals surface area contributed by atoms with Crippen molar-refractivity contribution in [3.05, 3.63) is 23.3 Å². The Bertz CT molecular complexity index is 1080. The molecule has 0 unspecified atom stereocenters. The van der Waals surface area contributed by atoms with E-state index in [0.29, 0.717) is 38.1 Å². The van der Waals surface area contributed by atoms with Crippen LogP contribution in [0.15, 0.2) is 12.1 Å². The molecule has 7 rings (SSSR count). The minimum absolute atomic E-state index is 0.0667. The fourth-order valence-corrected chi connectivity index (χ4v) is 8.82. The first kappa shape index (κ1) is 24.2. The zero-order valence-electron chi connectivity index (χ0n) is 22.7. The van der Waals surface area contributed by atoms with Gasteiger partial charge < -0.3 is 19.5 Å². The second-order valence-corrected chi connectivity index (χ2v) is 12.9. The van der Waals surface area contributed by atoms with Crippen molar-refractivity contribution in [1.29, 1.82) is 0 Å². The normalized spacial score (nSPS) is 39.1. The van der Waals surface area contributed by atoms with Gasteiger partial charge in [0.15, 0.2) is 11.5 Å². The molecule has 4 aliphatic heterocycles. The molecule has 0 radical (unpaired) electrons. The van der Waals surface area contributed by atoms with E-state index in [1.807, 2.05) is 11.0 Å². The summed E-state index contributed by atoms with van der Waals surface area (Å²) < 4.78 is 12.5. The molecule has 1 aromatic carbocycles. The second-order valence-electron chi connectivity index (χ2n) is 12.9.